The largest absolute Gasteiger partial charge is 0.379 e. The molecule has 0 amide bonds. The average Bonchev–Trinajstić information content (AvgIpc) is 2.63. The summed E-state index contributed by atoms with van der Waals surface area (Å²) in [6.45, 7) is 0. The Morgan fingerprint density at radius 2 is 2.53 bits per heavy atom. The fourth-order valence-corrected chi connectivity index (χ4v) is 2.30. The quantitative estimate of drug-likeness (QED) is 0.603. The molecule has 0 spiro atoms. The fraction of sp³-hybridized carbons (Fsp3) is 0.125. The van der Waals surface area contributed by atoms with Crippen molar-refractivity contribution in [1.82, 2.24) is 9.38 Å². The summed E-state index contributed by atoms with van der Waals surface area (Å²) in [6, 6.07) is 1.47. The van der Waals surface area contributed by atoms with Crippen molar-refractivity contribution in [2.75, 3.05) is 0 Å². The lowest BCUT2D eigenvalue weighted by Gasteiger charge is -1.99. The van der Waals surface area contributed by atoms with E-state index in [0.29, 0.717) is 16.4 Å². The Hall–Kier alpha value is -1.34. The molecular formula is C8H8N4OS2. The van der Waals surface area contributed by atoms with Crippen LogP contribution >= 0.6 is 23.1 Å². The zero-order valence-corrected chi connectivity index (χ0v) is 9.27. The summed E-state index contributed by atoms with van der Waals surface area (Å²) in [5, 5.41) is 8.90. The minimum atomic E-state index is -0.0968. The van der Waals surface area contributed by atoms with Crippen LogP contribution in [0.4, 0.5) is 0 Å². The first-order valence-electron chi connectivity index (χ1n) is 4.09. The molecule has 3 N–H and O–H groups in total. The van der Waals surface area contributed by atoms with Crippen LogP contribution in [0.1, 0.15) is 5.69 Å². The normalized spacial score (nSPS) is 10.7. The van der Waals surface area contributed by atoms with Crippen LogP contribution < -0.4 is 11.3 Å². The molecule has 2 heterocycles. The first-order chi connectivity index (χ1) is 7.16. The third kappa shape index (κ3) is 2.18. The van der Waals surface area contributed by atoms with E-state index >= 15 is 0 Å². The first kappa shape index (κ1) is 10.2. The number of nitrogens with one attached hydrogen (secondary N) is 1. The molecule has 5 nitrogen and oxygen atoms in total. The number of rotatable bonds is 2. The Kier molecular flexibility index (Phi) is 2.74. The zero-order chi connectivity index (χ0) is 10.8. The summed E-state index contributed by atoms with van der Waals surface area (Å²) < 4.78 is 1.49. The van der Waals surface area contributed by atoms with Crippen molar-refractivity contribution in [1.29, 1.82) is 5.41 Å². The summed E-state index contributed by atoms with van der Waals surface area (Å²) in [4.78, 5) is 16.5. The number of amidine groups is 1. The molecule has 2 rings (SSSR count). The van der Waals surface area contributed by atoms with Crippen molar-refractivity contribution < 1.29 is 0 Å². The van der Waals surface area contributed by atoms with Gasteiger partial charge in [0.15, 0.2) is 10.1 Å². The Labute approximate surface area is 93.5 Å². The van der Waals surface area contributed by atoms with E-state index in [4.69, 9.17) is 11.1 Å². The number of hydrogen-bond donors (Lipinski definition) is 2. The topological polar surface area (TPSA) is 84.2 Å². The SMILES string of the molecule is N=C(N)SCc1cc(=O)n2ccsc2n1. The van der Waals surface area contributed by atoms with E-state index in [1.54, 1.807) is 6.20 Å². The third-order valence-corrected chi connectivity index (χ3v) is 3.24. The van der Waals surface area contributed by atoms with Crippen LogP contribution in [0.5, 0.6) is 0 Å². The highest BCUT2D eigenvalue weighted by molar-refractivity contribution is 8.13. The second kappa shape index (κ2) is 4.03. The van der Waals surface area contributed by atoms with Gasteiger partial charge in [0.1, 0.15) is 0 Å². The minimum Gasteiger partial charge on any atom is -0.379 e. The number of aromatic nitrogens is 2. The van der Waals surface area contributed by atoms with Gasteiger partial charge in [0, 0.05) is 23.4 Å². The summed E-state index contributed by atoms with van der Waals surface area (Å²) in [5.74, 6) is 0.457. The molecule has 0 atom stereocenters. The van der Waals surface area contributed by atoms with Crippen molar-refractivity contribution in [3.05, 3.63) is 33.7 Å². The Morgan fingerprint density at radius 1 is 1.73 bits per heavy atom. The molecule has 78 valence electrons. The molecular weight excluding hydrogens is 232 g/mol. The van der Waals surface area contributed by atoms with E-state index in [1.807, 2.05) is 5.38 Å². The number of nitrogens with two attached hydrogens (primary N) is 1. The van der Waals surface area contributed by atoms with Gasteiger partial charge < -0.3 is 5.73 Å². The van der Waals surface area contributed by atoms with E-state index < -0.39 is 0 Å². The highest BCUT2D eigenvalue weighted by Crippen LogP contribution is 2.11. The number of nitrogens with zero attached hydrogens (tertiary/aromatic N) is 2. The molecule has 0 aliphatic rings. The smallest absolute Gasteiger partial charge is 0.258 e. The molecule has 7 heteroatoms. The summed E-state index contributed by atoms with van der Waals surface area (Å²) in [7, 11) is 0. The Balaban J connectivity index is 2.36. The van der Waals surface area contributed by atoms with Crippen molar-refractivity contribution in [2.45, 2.75) is 5.75 Å². The lowest BCUT2D eigenvalue weighted by Crippen LogP contribution is -2.13. The lowest BCUT2D eigenvalue weighted by atomic mass is 10.4. The predicted octanol–water partition coefficient (Wildman–Crippen LogP) is 0.883. The predicted molar refractivity (Wildman–Crippen MR) is 62.5 cm³/mol. The van der Waals surface area contributed by atoms with Gasteiger partial charge in [-0.05, 0) is 0 Å². The van der Waals surface area contributed by atoms with Crippen LogP contribution in [-0.2, 0) is 5.75 Å². The van der Waals surface area contributed by atoms with Gasteiger partial charge in [-0.1, -0.05) is 11.8 Å². The standard InChI is InChI=1S/C8H8N4OS2/c9-7(10)15-4-5-3-6(13)12-1-2-14-8(12)11-5/h1-3H,4H2,(H3,9,10). The molecule has 0 bridgehead atoms. The molecule has 0 saturated heterocycles. The molecule has 0 aromatic carbocycles. The van der Waals surface area contributed by atoms with Crippen LogP contribution in [0.2, 0.25) is 0 Å². The number of thiazole rings is 1. The number of hydrogen-bond acceptors (Lipinski definition) is 5. The Bertz CT molecular complexity index is 559. The van der Waals surface area contributed by atoms with Crippen LogP contribution in [0.15, 0.2) is 22.4 Å². The van der Waals surface area contributed by atoms with E-state index in [9.17, 15) is 4.79 Å². The monoisotopic (exact) mass is 240 g/mol. The Morgan fingerprint density at radius 3 is 3.27 bits per heavy atom. The molecule has 15 heavy (non-hydrogen) atoms. The van der Waals surface area contributed by atoms with Crippen molar-refractivity contribution in [2.24, 2.45) is 5.73 Å². The maximum absolute atomic E-state index is 11.5. The lowest BCUT2D eigenvalue weighted by molar-refractivity contribution is 1.04. The number of fused-ring (bicyclic) bond motifs is 1. The maximum Gasteiger partial charge on any atom is 0.258 e. The van der Waals surface area contributed by atoms with Crippen molar-refractivity contribution in [3.8, 4) is 0 Å². The third-order valence-electron chi connectivity index (χ3n) is 1.73. The molecule has 0 aliphatic heterocycles. The van der Waals surface area contributed by atoms with Gasteiger partial charge in [-0.25, -0.2) is 4.98 Å². The summed E-state index contributed by atoms with van der Waals surface area (Å²) in [6.07, 6.45) is 1.69. The molecule has 0 aliphatic carbocycles. The molecule has 2 aromatic heterocycles. The van der Waals surface area contributed by atoms with Gasteiger partial charge in [-0.2, -0.15) is 0 Å². The van der Waals surface area contributed by atoms with E-state index in [2.05, 4.69) is 4.98 Å². The highest BCUT2D eigenvalue weighted by atomic mass is 32.2. The minimum absolute atomic E-state index is 0.0307. The van der Waals surface area contributed by atoms with E-state index in [1.165, 1.54) is 21.8 Å². The van der Waals surface area contributed by atoms with Gasteiger partial charge in [-0.15, -0.1) is 11.3 Å². The molecule has 0 saturated carbocycles. The van der Waals surface area contributed by atoms with Crippen LogP contribution in [0, 0.1) is 5.41 Å². The van der Waals surface area contributed by atoms with Crippen LogP contribution in [0.25, 0.3) is 4.96 Å². The van der Waals surface area contributed by atoms with Crippen molar-refractivity contribution >= 4 is 33.2 Å². The van der Waals surface area contributed by atoms with E-state index in [-0.39, 0.29) is 10.7 Å². The molecule has 0 fully saturated rings. The van der Waals surface area contributed by atoms with Crippen molar-refractivity contribution in [3.63, 3.8) is 0 Å². The number of thioether (sulfide) groups is 1. The average molecular weight is 240 g/mol. The van der Waals surface area contributed by atoms with Crippen LogP contribution in [-0.4, -0.2) is 14.6 Å². The van der Waals surface area contributed by atoms with Crippen LogP contribution in [0.3, 0.4) is 0 Å². The molecule has 2 aromatic rings. The second-order valence-corrected chi connectivity index (χ2v) is 4.68. The van der Waals surface area contributed by atoms with Gasteiger partial charge in [-0.3, -0.25) is 14.6 Å². The zero-order valence-electron chi connectivity index (χ0n) is 7.64. The van der Waals surface area contributed by atoms with Gasteiger partial charge >= 0.3 is 0 Å². The second-order valence-electron chi connectivity index (χ2n) is 2.79. The molecule has 0 unspecified atom stereocenters. The van der Waals surface area contributed by atoms with Gasteiger partial charge in [0.25, 0.3) is 5.56 Å². The molecule has 0 radical (unpaired) electrons. The summed E-state index contributed by atoms with van der Waals surface area (Å²) in [5.41, 5.74) is 5.77. The first-order valence-corrected chi connectivity index (χ1v) is 5.96. The fourth-order valence-electron chi connectivity index (χ4n) is 1.11. The van der Waals surface area contributed by atoms with Gasteiger partial charge in [0.05, 0.1) is 5.69 Å². The van der Waals surface area contributed by atoms with Gasteiger partial charge in [0.2, 0.25) is 0 Å². The maximum atomic E-state index is 11.5. The van der Waals surface area contributed by atoms with E-state index in [0.717, 1.165) is 11.8 Å². The summed E-state index contributed by atoms with van der Waals surface area (Å²) >= 11 is 2.57. The highest BCUT2D eigenvalue weighted by Gasteiger charge is 2.03.